The smallest absolute Gasteiger partial charge is 0.227 e. The van der Waals surface area contributed by atoms with Gasteiger partial charge in [-0.2, -0.15) is 0 Å². The van der Waals surface area contributed by atoms with Gasteiger partial charge in [-0.25, -0.2) is 4.98 Å². The molecule has 0 saturated heterocycles. The number of benzene rings is 3. The summed E-state index contributed by atoms with van der Waals surface area (Å²) in [5, 5.41) is 10.0. The number of fused-ring (bicyclic) bond motifs is 1. The maximum Gasteiger partial charge on any atom is 0.227 e. The van der Waals surface area contributed by atoms with Gasteiger partial charge in [0.1, 0.15) is 11.3 Å². The molecule has 0 spiro atoms. The van der Waals surface area contributed by atoms with Crippen LogP contribution in [0.15, 0.2) is 70.1 Å². The van der Waals surface area contributed by atoms with E-state index >= 15 is 0 Å². The van der Waals surface area contributed by atoms with Crippen molar-refractivity contribution in [3.05, 3.63) is 77.4 Å². The molecule has 0 fully saturated rings. The van der Waals surface area contributed by atoms with Crippen molar-refractivity contribution in [1.29, 1.82) is 0 Å². The predicted octanol–water partition coefficient (Wildman–Crippen LogP) is 5.57. The Bertz CT molecular complexity index is 1110. The predicted molar refractivity (Wildman–Crippen MR) is 104 cm³/mol. The molecule has 0 radical (unpaired) electrons. The van der Waals surface area contributed by atoms with Crippen LogP contribution in [0.4, 0.5) is 5.69 Å². The number of aromatic hydroxyl groups is 1. The molecule has 0 saturated carbocycles. The molecule has 128 valence electrons. The number of phenolic OH excluding ortho intramolecular Hbond substituents is 1. The number of rotatable bonds is 3. The van der Waals surface area contributed by atoms with Crippen molar-refractivity contribution in [3.8, 4) is 17.2 Å². The van der Waals surface area contributed by atoms with Crippen molar-refractivity contribution in [2.24, 2.45) is 4.99 Å². The standard InChI is InChI=1S/C22H18N2O2/c1-14-6-11-19-20(12-14)26-22(24-19)16-7-9-18(10-8-16)23-13-17-5-3-4-15(2)21(17)25/h3-13,25H,1-2H3. The molecule has 26 heavy (non-hydrogen) atoms. The van der Waals surface area contributed by atoms with Crippen LogP contribution in [0.25, 0.3) is 22.6 Å². The van der Waals surface area contributed by atoms with Gasteiger partial charge in [-0.15, -0.1) is 0 Å². The summed E-state index contributed by atoms with van der Waals surface area (Å²) in [6, 6.07) is 19.2. The lowest BCUT2D eigenvalue weighted by atomic mass is 10.1. The summed E-state index contributed by atoms with van der Waals surface area (Å²) in [5.74, 6) is 0.854. The molecule has 0 aliphatic carbocycles. The van der Waals surface area contributed by atoms with Gasteiger partial charge < -0.3 is 9.52 Å². The zero-order valence-corrected chi connectivity index (χ0v) is 14.6. The van der Waals surface area contributed by atoms with Gasteiger partial charge in [0, 0.05) is 17.3 Å². The first-order valence-corrected chi connectivity index (χ1v) is 8.40. The first-order valence-electron chi connectivity index (χ1n) is 8.40. The van der Waals surface area contributed by atoms with Crippen LogP contribution in [0, 0.1) is 13.8 Å². The van der Waals surface area contributed by atoms with Gasteiger partial charge in [0.15, 0.2) is 5.58 Å². The zero-order valence-electron chi connectivity index (χ0n) is 14.6. The lowest BCUT2D eigenvalue weighted by Crippen LogP contribution is -1.84. The van der Waals surface area contributed by atoms with E-state index in [4.69, 9.17) is 4.42 Å². The molecule has 3 aromatic carbocycles. The largest absolute Gasteiger partial charge is 0.507 e. The van der Waals surface area contributed by atoms with Gasteiger partial charge in [0.05, 0.1) is 5.69 Å². The second-order valence-corrected chi connectivity index (χ2v) is 6.31. The lowest BCUT2D eigenvalue weighted by Gasteiger charge is -2.02. The van der Waals surface area contributed by atoms with E-state index in [9.17, 15) is 5.11 Å². The summed E-state index contributed by atoms with van der Waals surface area (Å²) in [6.45, 7) is 3.89. The van der Waals surface area contributed by atoms with E-state index in [0.29, 0.717) is 11.5 Å². The van der Waals surface area contributed by atoms with Crippen LogP contribution in [0.5, 0.6) is 5.75 Å². The van der Waals surface area contributed by atoms with Crippen molar-refractivity contribution in [2.45, 2.75) is 13.8 Å². The molecule has 0 amide bonds. The quantitative estimate of drug-likeness (QED) is 0.495. The van der Waals surface area contributed by atoms with Crippen LogP contribution in [0.2, 0.25) is 0 Å². The maximum absolute atomic E-state index is 10.0. The Morgan fingerprint density at radius 2 is 1.81 bits per heavy atom. The van der Waals surface area contributed by atoms with Crippen molar-refractivity contribution in [1.82, 2.24) is 4.98 Å². The van der Waals surface area contributed by atoms with Crippen molar-refractivity contribution >= 4 is 23.0 Å². The van der Waals surface area contributed by atoms with E-state index in [1.54, 1.807) is 6.21 Å². The summed E-state index contributed by atoms with van der Waals surface area (Å²) in [5.41, 5.74) is 6.00. The molecule has 0 aliphatic rings. The number of aliphatic imine (C=N–C) groups is 1. The molecule has 4 rings (SSSR count). The molecule has 1 heterocycles. The molecular formula is C22H18N2O2. The summed E-state index contributed by atoms with van der Waals surface area (Å²) in [6.07, 6.45) is 1.67. The number of hydrogen-bond donors (Lipinski definition) is 1. The minimum absolute atomic E-state index is 0.259. The molecule has 4 aromatic rings. The first kappa shape index (κ1) is 16.1. The second-order valence-electron chi connectivity index (χ2n) is 6.31. The zero-order chi connectivity index (χ0) is 18.1. The molecule has 4 nitrogen and oxygen atoms in total. The molecule has 1 N–H and O–H groups in total. The Labute approximate surface area is 151 Å². The third-order valence-corrected chi connectivity index (χ3v) is 4.28. The van der Waals surface area contributed by atoms with Crippen molar-refractivity contribution < 1.29 is 9.52 Å². The van der Waals surface area contributed by atoms with Gasteiger partial charge in [-0.05, 0) is 67.4 Å². The molecule has 4 heteroatoms. The fourth-order valence-electron chi connectivity index (χ4n) is 2.78. The topological polar surface area (TPSA) is 58.6 Å². The van der Waals surface area contributed by atoms with Crippen LogP contribution in [-0.4, -0.2) is 16.3 Å². The Kier molecular flexibility index (Phi) is 4.01. The highest BCUT2D eigenvalue weighted by Gasteiger charge is 2.08. The summed E-state index contributed by atoms with van der Waals surface area (Å²) in [4.78, 5) is 8.96. The minimum Gasteiger partial charge on any atom is -0.507 e. The van der Waals surface area contributed by atoms with E-state index < -0.39 is 0 Å². The van der Waals surface area contributed by atoms with Crippen LogP contribution in [0.1, 0.15) is 16.7 Å². The molecule has 0 bridgehead atoms. The highest BCUT2D eigenvalue weighted by molar-refractivity contribution is 5.86. The molecule has 0 aliphatic heterocycles. The average Bonchev–Trinajstić information content (AvgIpc) is 3.06. The van der Waals surface area contributed by atoms with Crippen molar-refractivity contribution in [2.75, 3.05) is 0 Å². The van der Waals surface area contributed by atoms with E-state index in [1.807, 2.05) is 74.5 Å². The van der Waals surface area contributed by atoms with E-state index in [0.717, 1.165) is 33.5 Å². The molecule has 0 unspecified atom stereocenters. The van der Waals surface area contributed by atoms with Gasteiger partial charge in [0.2, 0.25) is 5.89 Å². The number of aryl methyl sites for hydroxylation is 2. The highest BCUT2D eigenvalue weighted by atomic mass is 16.3. The third kappa shape index (κ3) is 3.09. The number of hydrogen-bond acceptors (Lipinski definition) is 4. The van der Waals surface area contributed by atoms with Crippen LogP contribution >= 0.6 is 0 Å². The maximum atomic E-state index is 10.0. The number of phenols is 1. The number of nitrogens with zero attached hydrogens (tertiary/aromatic N) is 2. The van der Waals surface area contributed by atoms with Gasteiger partial charge in [-0.1, -0.05) is 18.2 Å². The van der Waals surface area contributed by atoms with E-state index in [1.165, 1.54) is 0 Å². The minimum atomic E-state index is 0.259. The molecule has 0 atom stereocenters. The number of para-hydroxylation sites is 1. The Hall–Kier alpha value is -3.40. The average molecular weight is 342 g/mol. The van der Waals surface area contributed by atoms with Crippen molar-refractivity contribution in [3.63, 3.8) is 0 Å². The summed E-state index contributed by atoms with van der Waals surface area (Å²) >= 11 is 0. The summed E-state index contributed by atoms with van der Waals surface area (Å²) < 4.78 is 5.85. The van der Waals surface area contributed by atoms with Gasteiger partial charge in [-0.3, -0.25) is 4.99 Å². The van der Waals surface area contributed by atoms with Gasteiger partial charge >= 0.3 is 0 Å². The SMILES string of the molecule is Cc1ccc2nc(-c3ccc(N=Cc4cccc(C)c4O)cc3)oc2c1. The third-order valence-electron chi connectivity index (χ3n) is 4.28. The van der Waals surface area contributed by atoms with E-state index in [2.05, 4.69) is 9.98 Å². The van der Waals surface area contributed by atoms with Gasteiger partial charge in [0.25, 0.3) is 0 Å². The Morgan fingerprint density at radius 3 is 2.62 bits per heavy atom. The fraction of sp³-hybridized carbons (Fsp3) is 0.0909. The summed E-state index contributed by atoms with van der Waals surface area (Å²) in [7, 11) is 0. The number of oxazole rings is 1. The number of aromatic nitrogens is 1. The first-order chi connectivity index (χ1) is 12.6. The normalized spacial score (nSPS) is 11.5. The second kappa shape index (κ2) is 6.48. The van der Waals surface area contributed by atoms with Crippen LogP contribution in [-0.2, 0) is 0 Å². The van der Waals surface area contributed by atoms with E-state index in [-0.39, 0.29) is 5.75 Å². The molecular weight excluding hydrogens is 324 g/mol. The monoisotopic (exact) mass is 342 g/mol. The van der Waals surface area contributed by atoms with Crippen LogP contribution in [0.3, 0.4) is 0 Å². The molecule has 1 aromatic heterocycles. The lowest BCUT2D eigenvalue weighted by molar-refractivity contribution is 0.470. The highest BCUT2D eigenvalue weighted by Crippen LogP contribution is 2.27. The fourth-order valence-corrected chi connectivity index (χ4v) is 2.78. The Morgan fingerprint density at radius 1 is 1.00 bits per heavy atom. The van der Waals surface area contributed by atoms with Crippen LogP contribution < -0.4 is 0 Å². The Balaban J connectivity index is 1.59.